The highest BCUT2D eigenvalue weighted by molar-refractivity contribution is 5.87. The van der Waals surface area contributed by atoms with Crippen molar-refractivity contribution in [3.8, 4) is 5.75 Å². The molecule has 0 saturated heterocycles. The van der Waals surface area contributed by atoms with Gasteiger partial charge in [0.05, 0.1) is 25.1 Å². The molecule has 1 aliphatic heterocycles. The average Bonchev–Trinajstić information content (AvgIpc) is 2.97. The summed E-state index contributed by atoms with van der Waals surface area (Å²) in [6, 6.07) is 12.2. The summed E-state index contributed by atoms with van der Waals surface area (Å²) in [5.41, 5.74) is 2.58. The summed E-state index contributed by atoms with van der Waals surface area (Å²) in [5, 5.41) is 6.15. The van der Waals surface area contributed by atoms with E-state index in [9.17, 15) is 9.18 Å². The SMILES string of the molecule is CCCOc1ccc2c(c1)N(C)C(C=O)C2/C=N\N(C)Cc1ccccc1F. The smallest absolute Gasteiger partial charge is 0.143 e. The summed E-state index contributed by atoms with van der Waals surface area (Å²) in [4.78, 5) is 13.7. The molecule has 148 valence electrons. The molecule has 0 bridgehead atoms. The maximum Gasteiger partial charge on any atom is 0.143 e. The molecule has 6 heteroatoms. The minimum absolute atomic E-state index is 0.166. The zero-order valence-electron chi connectivity index (χ0n) is 16.5. The normalized spacial score (nSPS) is 18.4. The first-order valence-corrected chi connectivity index (χ1v) is 9.48. The van der Waals surface area contributed by atoms with Gasteiger partial charge in [-0.05, 0) is 24.1 Å². The lowest BCUT2D eigenvalue weighted by molar-refractivity contribution is -0.108. The number of hydrazone groups is 1. The minimum atomic E-state index is -0.331. The highest BCUT2D eigenvalue weighted by Gasteiger charge is 2.35. The van der Waals surface area contributed by atoms with Crippen LogP contribution in [-0.4, -0.2) is 44.3 Å². The Hall–Kier alpha value is -2.89. The number of anilines is 1. The Kier molecular flexibility index (Phi) is 6.29. The molecule has 5 nitrogen and oxygen atoms in total. The van der Waals surface area contributed by atoms with Crippen molar-refractivity contribution >= 4 is 18.2 Å². The average molecular weight is 383 g/mol. The van der Waals surface area contributed by atoms with Gasteiger partial charge in [-0.3, -0.25) is 5.01 Å². The van der Waals surface area contributed by atoms with Gasteiger partial charge in [0, 0.05) is 37.6 Å². The molecule has 0 fully saturated rings. The second kappa shape index (κ2) is 8.87. The number of carbonyl (C=O) groups is 1. The number of hydrogen-bond donors (Lipinski definition) is 0. The number of fused-ring (bicyclic) bond motifs is 1. The lowest BCUT2D eigenvalue weighted by Crippen LogP contribution is -2.32. The molecule has 1 heterocycles. The molecule has 2 aromatic carbocycles. The van der Waals surface area contributed by atoms with Crippen molar-refractivity contribution in [2.75, 3.05) is 25.6 Å². The summed E-state index contributed by atoms with van der Waals surface area (Å²) in [5.74, 6) is 0.382. The number of nitrogens with zero attached hydrogens (tertiary/aromatic N) is 3. The fourth-order valence-electron chi connectivity index (χ4n) is 3.45. The zero-order chi connectivity index (χ0) is 20.1. The summed E-state index contributed by atoms with van der Waals surface area (Å²) >= 11 is 0. The molecule has 0 spiro atoms. The number of aldehydes is 1. The molecule has 0 amide bonds. The summed E-state index contributed by atoms with van der Waals surface area (Å²) in [6.45, 7) is 3.08. The molecular formula is C22H26FN3O2. The minimum Gasteiger partial charge on any atom is -0.494 e. The van der Waals surface area contributed by atoms with Gasteiger partial charge in [0.2, 0.25) is 0 Å². The fraction of sp³-hybridized carbons (Fsp3) is 0.364. The third-order valence-corrected chi connectivity index (χ3v) is 4.95. The lowest BCUT2D eigenvalue weighted by atomic mass is 9.97. The molecule has 0 saturated carbocycles. The predicted octanol–water partition coefficient (Wildman–Crippen LogP) is 3.83. The second-order valence-electron chi connectivity index (χ2n) is 7.00. The molecule has 0 N–H and O–H groups in total. The Morgan fingerprint density at radius 2 is 2.07 bits per heavy atom. The van der Waals surface area contributed by atoms with Gasteiger partial charge in [0.15, 0.2) is 0 Å². The van der Waals surface area contributed by atoms with Crippen LogP contribution >= 0.6 is 0 Å². The first kappa shape index (κ1) is 19.9. The summed E-state index contributed by atoms with van der Waals surface area (Å²) < 4.78 is 19.6. The zero-order valence-corrected chi connectivity index (χ0v) is 16.5. The van der Waals surface area contributed by atoms with E-state index in [-0.39, 0.29) is 17.8 Å². The fourth-order valence-corrected chi connectivity index (χ4v) is 3.45. The van der Waals surface area contributed by atoms with Crippen LogP contribution in [0.3, 0.4) is 0 Å². The number of benzene rings is 2. The maximum absolute atomic E-state index is 13.8. The highest BCUT2D eigenvalue weighted by Crippen LogP contribution is 2.40. The van der Waals surface area contributed by atoms with Gasteiger partial charge in [0.1, 0.15) is 17.9 Å². The molecule has 3 rings (SSSR count). The second-order valence-corrected chi connectivity index (χ2v) is 7.00. The molecule has 2 atom stereocenters. The van der Waals surface area contributed by atoms with Crippen molar-refractivity contribution in [3.05, 3.63) is 59.4 Å². The van der Waals surface area contributed by atoms with E-state index < -0.39 is 0 Å². The monoisotopic (exact) mass is 383 g/mol. The van der Waals surface area contributed by atoms with Crippen LogP contribution in [-0.2, 0) is 11.3 Å². The molecule has 0 aliphatic carbocycles. The molecule has 1 aliphatic rings. The number of halogens is 1. The van der Waals surface area contributed by atoms with Crippen LogP contribution < -0.4 is 9.64 Å². The third kappa shape index (κ3) is 4.16. The largest absolute Gasteiger partial charge is 0.494 e. The van der Waals surface area contributed by atoms with Gasteiger partial charge in [-0.25, -0.2) is 4.39 Å². The Bertz CT molecular complexity index is 855. The molecule has 2 aromatic rings. The van der Waals surface area contributed by atoms with Crippen LogP contribution in [0.25, 0.3) is 0 Å². The van der Waals surface area contributed by atoms with Gasteiger partial charge in [-0.1, -0.05) is 31.2 Å². The molecular weight excluding hydrogens is 357 g/mol. The van der Waals surface area contributed by atoms with Gasteiger partial charge < -0.3 is 14.4 Å². The highest BCUT2D eigenvalue weighted by atomic mass is 19.1. The maximum atomic E-state index is 13.8. The number of carbonyl (C=O) groups excluding carboxylic acids is 1. The molecule has 0 aromatic heterocycles. The number of rotatable bonds is 8. The molecule has 28 heavy (non-hydrogen) atoms. The standard InChI is InChI=1S/C22H26FN3O2/c1-4-11-28-17-9-10-18-19(22(15-27)26(3)21(18)12-17)13-24-25(2)14-16-7-5-6-8-20(16)23/h5-10,12-13,15,19,22H,4,11,14H2,1-3H3/b24-13-. The van der Waals surface area contributed by atoms with E-state index in [1.54, 1.807) is 36.5 Å². The number of likely N-dealkylation sites (N-methyl/N-ethyl adjacent to an activating group) is 1. The van der Waals surface area contributed by atoms with Crippen LogP contribution in [0.5, 0.6) is 5.75 Å². The first-order valence-electron chi connectivity index (χ1n) is 9.48. The van der Waals surface area contributed by atoms with Gasteiger partial charge in [-0.2, -0.15) is 5.10 Å². The van der Waals surface area contributed by atoms with E-state index in [1.165, 1.54) is 6.07 Å². The van der Waals surface area contributed by atoms with E-state index in [2.05, 4.69) is 12.0 Å². The quantitative estimate of drug-likeness (QED) is 0.395. The number of ether oxygens (including phenoxy) is 1. The van der Waals surface area contributed by atoms with E-state index in [4.69, 9.17) is 4.74 Å². The van der Waals surface area contributed by atoms with Gasteiger partial charge in [-0.15, -0.1) is 0 Å². The van der Waals surface area contributed by atoms with Gasteiger partial charge >= 0.3 is 0 Å². The predicted molar refractivity (Wildman–Crippen MR) is 110 cm³/mol. The van der Waals surface area contributed by atoms with Crippen molar-refractivity contribution in [1.82, 2.24) is 5.01 Å². The van der Waals surface area contributed by atoms with E-state index in [1.807, 2.05) is 30.1 Å². The Morgan fingerprint density at radius 1 is 1.29 bits per heavy atom. The van der Waals surface area contributed by atoms with E-state index >= 15 is 0 Å². The topological polar surface area (TPSA) is 45.1 Å². The summed E-state index contributed by atoms with van der Waals surface area (Å²) in [7, 11) is 3.69. The third-order valence-electron chi connectivity index (χ3n) is 4.95. The Labute approximate surface area is 165 Å². The van der Waals surface area contributed by atoms with Crippen molar-refractivity contribution < 1.29 is 13.9 Å². The van der Waals surface area contributed by atoms with Crippen molar-refractivity contribution in [3.63, 3.8) is 0 Å². The van der Waals surface area contributed by atoms with E-state index in [0.29, 0.717) is 18.7 Å². The Balaban J connectivity index is 1.78. The van der Waals surface area contributed by atoms with Crippen LogP contribution in [0.15, 0.2) is 47.6 Å². The lowest BCUT2D eigenvalue weighted by Gasteiger charge is -2.20. The van der Waals surface area contributed by atoms with E-state index in [0.717, 1.165) is 29.7 Å². The van der Waals surface area contributed by atoms with Crippen LogP contribution in [0.2, 0.25) is 0 Å². The Morgan fingerprint density at radius 3 is 2.79 bits per heavy atom. The molecule has 0 radical (unpaired) electrons. The van der Waals surface area contributed by atoms with Crippen molar-refractivity contribution in [2.45, 2.75) is 31.8 Å². The summed E-state index contributed by atoms with van der Waals surface area (Å²) in [6.07, 6.45) is 3.66. The van der Waals surface area contributed by atoms with Crippen LogP contribution in [0.4, 0.5) is 10.1 Å². The number of hydrogen-bond acceptors (Lipinski definition) is 5. The van der Waals surface area contributed by atoms with Gasteiger partial charge in [0.25, 0.3) is 0 Å². The van der Waals surface area contributed by atoms with Crippen LogP contribution in [0.1, 0.15) is 30.4 Å². The first-order chi connectivity index (χ1) is 13.5. The molecule has 2 unspecified atom stereocenters. The van der Waals surface area contributed by atoms with Crippen LogP contribution in [0, 0.1) is 5.82 Å². The van der Waals surface area contributed by atoms with Crippen molar-refractivity contribution in [2.24, 2.45) is 5.10 Å². The van der Waals surface area contributed by atoms with Crippen molar-refractivity contribution in [1.29, 1.82) is 0 Å².